The van der Waals surface area contributed by atoms with Gasteiger partial charge in [-0.15, -0.1) is 0 Å². The Morgan fingerprint density at radius 2 is 2.18 bits per heavy atom. The fourth-order valence-electron chi connectivity index (χ4n) is 3.43. The summed E-state index contributed by atoms with van der Waals surface area (Å²) in [5.41, 5.74) is 1.71. The van der Waals surface area contributed by atoms with E-state index in [-0.39, 0.29) is 12.6 Å². The van der Waals surface area contributed by atoms with Gasteiger partial charge in [-0.05, 0) is 13.8 Å². The number of fused-ring (bicyclic) bond motifs is 1. The fraction of sp³-hybridized carbons (Fsp3) is 0.500. The molecule has 0 unspecified atom stereocenters. The van der Waals surface area contributed by atoms with E-state index < -0.39 is 24.5 Å². The molecule has 12 nitrogen and oxygen atoms in total. The molecule has 0 aliphatic carbocycles. The first-order valence-corrected chi connectivity index (χ1v) is 10.3. The van der Waals surface area contributed by atoms with Crippen molar-refractivity contribution >= 4 is 23.5 Å². The zero-order valence-corrected chi connectivity index (χ0v) is 18.7. The zero-order valence-electron chi connectivity index (χ0n) is 18.7. The lowest BCUT2D eigenvalue weighted by atomic mass is 10.1. The number of carbonyl (C=O) groups excluding carboxylic acids is 1. The molecule has 0 bridgehead atoms. The van der Waals surface area contributed by atoms with Crippen molar-refractivity contribution in [3.63, 3.8) is 0 Å². The molecule has 0 spiro atoms. The van der Waals surface area contributed by atoms with Crippen LogP contribution < -0.4 is 15.4 Å². The van der Waals surface area contributed by atoms with Crippen molar-refractivity contribution in [2.75, 3.05) is 26.1 Å². The van der Waals surface area contributed by atoms with Crippen molar-refractivity contribution in [3.8, 4) is 5.88 Å². The third-order valence-corrected chi connectivity index (χ3v) is 4.87. The van der Waals surface area contributed by atoms with Crippen LogP contribution in [0.3, 0.4) is 0 Å². The number of hydrogen-bond acceptors (Lipinski definition) is 9. The number of imidazole rings is 1. The quantitative estimate of drug-likeness (QED) is 0.459. The lowest BCUT2D eigenvalue weighted by Gasteiger charge is -2.16. The molecule has 1 amide bonds. The lowest BCUT2D eigenvalue weighted by molar-refractivity contribution is 0.0615. The minimum atomic E-state index is -1.55. The molecule has 3 aromatic heterocycles. The molecule has 178 valence electrons. The first kappa shape index (κ1) is 22.7. The van der Waals surface area contributed by atoms with Crippen molar-refractivity contribution in [2.24, 2.45) is 0 Å². The zero-order chi connectivity index (χ0) is 23.5. The highest BCUT2D eigenvalue weighted by Crippen LogP contribution is 2.33. The number of alkyl halides is 1. The monoisotopic (exact) mass is 463 g/mol. The number of ether oxygens (including phenoxy) is 4. The maximum Gasteiger partial charge on any atom is 0.407 e. The third kappa shape index (κ3) is 4.98. The number of amides is 1. The summed E-state index contributed by atoms with van der Waals surface area (Å²) in [6, 6.07) is 3.18. The molecule has 3 atom stereocenters. The van der Waals surface area contributed by atoms with Crippen molar-refractivity contribution in [2.45, 2.75) is 44.9 Å². The first-order valence-electron chi connectivity index (χ1n) is 10.3. The topological polar surface area (TPSA) is 137 Å². The summed E-state index contributed by atoms with van der Waals surface area (Å²) in [5.74, 6) is 1.14. The van der Waals surface area contributed by atoms with Gasteiger partial charge >= 0.3 is 6.09 Å². The maximum atomic E-state index is 14.9. The van der Waals surface area contributed by atoms with Gasteiger partial charge in [-0.25, -0.2) is 14.2 Å². The Balaban J connectivity index is 1.49. The molecule has 0 saturated carbocycles. The van der Waals surface area contributed by atoms with Gasteiger partial charge in [0.1, 0.15) is 11.8 Å². The van der Waals surface area contributed by atoms with Crippen LogP contribution in [-0.2, 0) is 20.8 Å². The fourth-order valence-corrected chi connectivity index (χ4v) is 3.43. The maximum absolute atomic E-state index is 14.9. The molecule has 1 aliphatic heterocycles. The first-order chi connectivity index (χ1) is 15.9. The Morgan fingerprint density at radius 1 is 1.36 bits per heavy atom. The number of aromatic nitrogens is 5. The number of alkyl carbamates (subject to hydrolysis) is 1. The number of aromatic amines is 1. The van der Waals surface area contributed by atoms with Gasteiger partial charge in [0.25, 0.3) is 0 Å². The van der Waals surface area contributed by atoms with Crippen molar-refractivity contribution in [3.05, 3.63) is 29.7 Å². The average Bonchev–Trinajstić information content (AvgIpc) is 3.47. The van der Waals surface area contributed by atoms with Crippen LogP contribution in [0.4, 0.5) is 21.0 Å². The number of nitrogens with zero attached hydrogens (tertiary/aromatic N) is 4. The molecular weight excluding hydrogens is 437 g/mol. The number of anilines is 2. The van der Waals surface area contributed by atoms with Gasteiger partial charge < -0.3 is 29.6 Å². The summed E-state index contributed by atoms with van der Waals surface area (Å²) in [6.07, 6.45) is -2.43. The number of H-pyrrole nitrogens is 1. The molecule has 13 heteroatoms. The molecule has 1 fully saturated rings. The third-order valence-electron chi connectivity index (χ3n) is 4.87. The Kier molecular flexibility index (Phi) is 6.60. The van der Waals surface area contributed by atoms with Crippen molar-refractivity contribution < 1.29 is 28.1 Å². The van der Waals surface area contributed by atoms with Gasteiger partial charge in [0.2, 0.25) is 11.8 Å². The second-order valence-corrected chi connectivity index (χ2v) is 7.79. The van der Waals surface area contributed by atoms with E-state index in [4.69, 9.17) is 18.9 Å². The van der Waals surface area contributed by atoms with E-state index in [1.165, 1.54) is 7.11 Å². The highest BCUT2D eigenvalue weighted by Gasteiger charge is 2.42. The van der Waals surface area contributed by atoms with Gasteiger partial charge in [0.05, 0.1) is 31.7 Å². The highest BCUT2D eigenvalue weighted by molar-refractivity contribution is 5.67. The minimum Gasteiger partial charge on any atom is -0.481 e. The van der Waals surface area contributed by atoms with E-state index >= 15 is 0 Å². The van der Waals surface area contributed by atoms with Gasteiger partial charge in [0, 0.05) is 31.5 Å². The largest absolute Gasteiger partial charge is 0.481 e. The summed E-state index contributed by atoms with van der Waals surface area (Å²) < 4.78 is 37.7. The van der Waals surface area contributed by atoms with Crippen LogP contribution in [0.15, 0.2) is 18.3 Å². The number of hydrogen-bond donors (Lipinski definition) is 3. The van der Waals surface area contributed by atoms with Gasteiger partial charge in [-0.2, -0.15) is 10.1 Å². The second-order valence-electron chi connectivity index (χ2n) is 7.79. The van der Waals surface area contributed by atoms with E-state index in [0.29, 0.717) is 41.3 Å². The van der Waals surface area contributed by atoms with E-state index in [1.807, 2.05) is 0 Å². The smallest absolute Gasteiger partial charge is 0.407 e. The standard InChI is InChI=1S/C20H26FN7O5/c1-10(2)22-20(29)33-13-9-32-18(17(13)21)12-5-14(27-26-12)24-19-25-16(31-4)6-15-23-11(8-30-3)7-28(15)19/h5-7,10,13,17-18H,8-9H2,1-4H3,(H,22,29)(H2,24,25,26,27)/t13-,17+,18-/m1/s1. The van der Waals surface area contributed by atoms with Gasteiger partial charge in [0.15, 0.2) is 18.1 Å². The second kappa shape index (κ2) is 9.58. The van der Waals surface area contributed by atoms with Crippen LogP contribution in [0.5, 0.6) is 5.88 Å². The van der Waals surface area contributed by atoms with E-state index in [2.05, 4.69) is 30.8 Å². The summed E-state index contributed by atoms with van der Waals surface area (Å²) in [6.45, 7) is 3.85. The predicted octanol–water partition coefficient (Wildman–Crippen LogP) is 2.26. The molecule has 0 aromatic carbocycles. The van der Waals surface area contributed by atoms with Gasteiger partial charge in [-0.3, -0.25) is 9.50 Å². The highest BCUT2D eigenvalue weighted by atomic mass is 19.1. The number of carbonyl (C=O) groups is 1. The molecule has 3 N–H and O–H groups in total. The summed E-state index contributed by atoms with van der Waals surface area (Å²) in [7, 11) is 3.09. The lowest BCUT2D eigenvalue weighted by Crippen LogP contribution is -2.36. The molecule has 33 heavy (non-hydrogen) atoms. The van der Waals surface area contributed by atoms with E-state index in [9.17, 15) is 9.18 Å². The predicted molar refractivity (Wildman–Crippen MR) is 114 cm³/mol. The Hall–Kier alpha value is -3.45. The molecule has 3 aromatic rings. The van der Waals surface area contributed by atoms with E-state index in [1.54, 1.807) is 43.7 Å². The van der Waals surface area contributed by atoms with Crippen LogP contribution in [0, 0.1) is 0 Å². The van der Waals surface area contributed by atoms with Crippen LogP contribution in [0.1, 0.15) is 31.3 Å². The summed E-state index contributed by atoms with van der Waals surface area (Å²) in [5, 5.41) is 12.6. The molecule has 1 saturated heterocycles. The van der Waals surface area contributed by atoms with Gasteiger partial charge in [-0.1, -0.05) is 0 Å². The Labute approximate surface area is 188 Å². The minimum absolute atomic E-state index is 0.0610. The molecule has 0 radical (unpaired) electrons. The number of methoxy groups -OCH3 is 2. The summed E-state index contributed by atoms with van der Waals surface area (Å²) >= 11 is 0. The van der Waals surface area contributed by atoms with Crippen LogP contribution in [0.25, 0.3) is 5.65 Å². The summed E-state index contributed by atoms with van der Waals surface area (Å²) in [4.78, 5) is 20.7. The van der Waals surface area contributed by atoms with Crippen LogP contribution in [-0.4, -0.2) is 69.8 Å². The Bertz CT molecular complexity index is 1120. The normalized spacial score (nSPS) is 20.4. The molecule has 4 rings (SSSR count). The average molecular weight is 463 g/mol. The van der Waals surface area contributed by atoms with Crippen LogP contribution in [0.2, 0.25) is 0 Å². The number of halogens is 1. The van der Waals surface area contributed by atoms with Crippen molar-refractivity contribution in [1.29, 1.82) is 0 Å². The number of nitrogens with one attached hydrogen (secondary N) is 3. The van der Waals surface area contributed by atoms with E-state index in [0.717, 1.165) is 0 Å². The molecule has 4 heterocycles. The number of rotatable bonds is 8. The molecular formula is C20H26FN7O5. The Morgan fingerprint density at radius 3 is 2.91 bits per heavy atom. The van der Waals surface area contributed by atoms with Crippen LogP contribution >= 0.6 is 0 Å². The van der Waals surface area contributed by atoms with Crippen molar-refractivity contribution in [1.82, 2.24) is 29.9 Å². The molecule has 1 aliphatic rings. The SMILES string of the molecule is COCc1cn2c(Nc3cc([C@H]4OC[C@@H](OC(=O)NC(C)C)[C@@H]4F)[nH]n3)nc(OC)cc2n1.